The predicted octanol–water partition coefficient (Wildman–Crippen LogP) is 3.10. The standard InChI is InChI=1S/C14H12F2N4O3S2/c1-25(21,22)20(9-5-3-2-4-6-9)8-11-17-7-10(24-11)13-18-19-14(23-13)12(15)16/h2-7,12H,8H2,1H3. The number of hydrogen-bond donors (Lipinski definition) is 0. The van der Waals surface area contributed by atoms with Crippen LogP contribution in [0.1, 0.15) is 17.3 Å². The summed E-state index contributed by atoms with van der Waals surface area (Å²) in [7, 11) is -3.53. The summed E-state index contributed by atoms with van der Waals surface area (Å²) in [6.07, 6.45) is -0.372. The van der Waals surface area contributed by atoms with Crippen LogP contribution < -0.4 is 4.31 Å². The molecule has 0 amide bonds. The Balaban J connectivity index is 1.86. The Morgan fingerprint density at radius 2 is 1.96 bits per heavy atom. The SMILES string of the molecule is CS(=O)(=O)N(Cc1ncc(-c2nnc(C(F)F)o2)s1)c1ccccc1. The number of alkyl halides is 2. The fourth-order valence-electron chi connectivity index (χ4n) is 2.02. The molecule has 0 unspecified atom stereocenters. The van der Waals surface area contributed by atoms with Crippen LogP contribution in [0.25, 0.3) is 10.8 Å². The molecule has 25 heavy (non-hydrogen) atoms. The second-order valence-electron chi connectivity index (χ2n) is 4.97. The highest BCUT2D eigenvalue weighted by Crippen LogP contribution is 2.29. The van der Waals surface area contributed by atoms with Crippen LogP contribution in [-0.4, -0.2) is 29.9 Å². The zero-order valence-corrected chi connectivity index (χ0v) is 14.5. The molecular weight excluding hydrogens is 374 g/mol. The molecule has 3 rings (SSSR count). The summed E-state index contributed by atoms with van der Waals surface area (Å²) in [6.45, 7) is 0.00333. The quantitative estimate of drug-likeness (QED) is 0.647. The highest BCUT2D eigenvalue weighted by molar-refractivity contribution is 7.92. The summed E-state index contributed by atoms with van der Waals surface area (Å²) in [5, 5.41) is 7.26. The first-order valence-corrected chi connectivity index (χ1v) is 9.60. The normalized spacial score (nSPS) is 11.8. The molecule has 2 heterocycles. The summed E-state index contributed by atoms with van der Waals surface area (Å²) in [5.74, 6) is -0.850. The van der Waals surface area contributed by atoms with E-state index in [4.69, 9.17) is 4.42 Å². The van der Waals surface area contributed by atoms with Crippen molar-refractivity contribution < 1.29 is 21.6 Å². The summed E-state index contributed by atoms with van der Waals surface area (Å²) < 4.78 is 55.2. The number of rotatable bonds is 6. The van der Waals surface area contributed by atoms with Gasteiger partial charge in [0.1, 0.15) is 9.88 Å². The van der Waals surface area contributed by atoms with Gasteiger partial charge in [-0.15, -0.1) is 21.5 Å². The predicted molar refractivity (Wildman–Crippen MR) is 87.8 cm³/mol. The second kappa shape index (κ2) is 6.84. The van der Waals surface area contributed by atoms with Gasteiger partial charge in [0.25, 0.3) is 11.8 Å². The zero-order valence-electron chi connectivity index (χ0n) is 12.8. The fourth-order valence-corrected chi connectivity index (χ4v) is 3.79. The van der Waals surface area contributed by atoms with Crippen LogP contribution in [-0.2, 0) is 16.6 Å². The van der Waals surface area contributed by atoms with E-state index in [2.05, 4.69) is 15.2 Å². The van der Waals surface area contributed by atoms with E-state index in [1.807, 2.05) is 0 Å². The molecule has 0 radical (unpaired) electrons. The fraction of sp³-hybridized carbons (Fsp3) is 0.214. The Labute approximate surface area is 146 Å². The minimum atomic E-state index is -3.53. The van der Waals surface area contributed by atoms with Gasteiger partial charge in [-0.25, -0.2) is 13.4 Å². The van der Waals surface area contributed by atoms with Crippen LogP contribution in [0.3, 0.4) is 0 Å². The molecule has 0 spiro atoms. The van der Waals surface area contributed by atoms with Gasteiger partial charge < -0.3 is 4.42 Å². The number of hydrogen-bond acceptors (Lipinski definition) is 7. The smallest absolute Gasteiger partial charge is 0.314 e. The van der Waals surface area contributed by atoms with E-state index in [0.717, 1.165) is 17.6 Å². The van der Waals surface area contributed by atoms with Gasteiger partial charge in [-0.2, -0.15) is 8.78 Å². The van der Waals surface area contributed by atoms with Gasteiger partial charge in [-0.05, 0) is 12.1 Å². The van der Waals surface area contributed by atoms with E-state index < -0.39 is 22.3 Å². The van der Waals surface area contributed by atoms with E-state index in [-0.39, 0.29) is 12.4 Å². The van der Waals surface area contributed by atoms with Gasteiger partial charge in [-0.3, -0.25) is 4.31 Å². The van der Waals surface area contributed by atoms with Crippen LogP contribution in [0.2, 0.25) is 0 Å². The van der Waals surface area contributed by atoms with Gasteiger partial charge in [0.2, 0.25) is 10.0 Å². The van der Waals surface area contributed by atoms with Gasteiger partial charge in [0.05, 0.1) is 24.7 Å². The molecule has 0 N–H and O–H groups in total. The van der Waals surface area contributed by atoms with Crippen molar-refractivity contribution in [2.75, 3.05) is 10.6 Å². The Morgan fingerprint density at radius 1 is 1.24 bits per heavy atom. The minimum absolute atomic E-state index is 0.00333. The lowest BCUT2D eigenvalue weighted by atomic mass is 10.3. The van der Waals surface area contributed by atoms with Gasteiger partial charge >= 0.3 is 6.43 Å². The first-order valence-electron chi connectivity index (χ1n) is 6.94. The van der Waals surface area contributed by atoms with Crippen molar-refractivity contribution in [2.45, 2.75) is 13.0 Å². The summed E-state index contributed by atoms with van der Waals surface area (Å²) >= 11 is 1.09. The lowest BCUT2D eigenvalue weighted by Gasteiger charge is -2.21. The number of anilines is 1. The molecule has 2 aromatic heterocycles. The molecule has 3 aromatic rings. The molecule has 0 bridgehead atoms. The average Bonchev–Trinajstić information content (AvgIpc) is 3.21. The molecule has 1 aromatic carbocycles. The first kappa shape index (κ1) is 17.4. The third-order valence-electron chi connectivity index (χ3n) is 3.12. The lowest BCUT2D eigenvalue weighted by molar-refractivity contribution is 0.116. The van der Waals surface area contributed by atoms with E-state index in [1.54, 1.807) is 30.3 Å². The maximum Gasteiger partial charge on any atom is 0.314 e. The van der Waals surface area contributed by atoms with Crippen LogP contribution >= 0.6 is 11.3 Å². The monoisotopic (exact) mass is 386 g/mol. The lowest BCUT2D eigenvalue weighted by Crippen LogP contribution is -2.29. The van der Waals surface area contributed by atoms with Crippen molar-refractivity contribution in [3.63, 3.8) is 0 Å². The molecule has 132 valence electrons. The maximum absolute atomic E-state index is 12.5. The number of para-hydroxylation sites is 1. The van der Waals surface area contributed by atoms with Crippen molar-refractivity contribution in [2.24, 2.45) is 0 Å². The Morgan fingerprint density at radius 3 is 2.56 bits per heavy atom. The minimum Gasteiger partial charge on any atom is -0.414 e. The topological polar surface area (TPSA) is 89.2 Å². The molecule has 0 saturated carbocycles. The highest BCUT2D eigenvalue weighted by atomic mass is 32.2. The van der Waals surface area contributed by atoms with Crippen LogP contribution in [0.5, 0.6) is 0 Å². The molecule has 0 aliphatic carbocycles. The number of nitrogens with zero attached hydrogens (tertiary/aromatic N) is 4. The number of benzene rings is 1. The highest BCUT2D eigenvalue weighted by Gasteiger charge is 2.21. The Hall–Kier alpha value is -2.40. The maximum atomic E-state index is 12.5. The van der Waals surface area contributed by atoms with E-state index >= 15 is 0 Å². The van der Waals surface area contributed by atoms with Crippen molar-refractivity contribution in [1.82, 2.24) is 15.2 Å². The number of aromatic nitrogens is 3. The summed E-state index contributed by atoms with van der Waals surface area (Å²) in [6, 6.07) is 8.57. The van der Waals surface area contributed by atoms with Gasteiger partial charge in [-0.1, -0.05) is 18.2 Å². The largest absolute Gasteiger partial charge is 0.414 e. The molecule has 7 nitrogen and oxygen atoms in total. The van der Waals surface area contributed by atoms with Gasteiger partial charge in [0, 0.05) is 0 Å². The summed E-state index contributed by atoms with van der Waals surface area (Å²) in [5.41, 5.74) is 0.500. The molecule has 0 saturated heterocycles. The summed E-state index contributed by atoms with van der Waals surface area (Å²) in [4.78, 5) is 4.51. The van der Waals surface area contributed by atoms with E-state index in [1.165, 1.54) is 10.5 Å². The average molecular weight is 386 g/mol. The molecule has 0 aliphatic heterocycles. The van der Waals surface area contributed by atoms with Crippen molar-refractivity contribution in [1.29, 1.82) is 0 Å². The second-order valence-corrected chi connectivity index (χ2v) is 7.99. The van der Waals surface area contributed by atoms with E-state index in [0.29, 0.717) is 15.6 Å². The molecular formula is C14H12F2N4O3S2. The molecule has 11 heteroatoms. The molecule has 0 atom stereocenters. The number of thiazole rings is 1. The van der Waals surface area contributed by atoms with Crippen molar-refractivity contribution >= 4 is 27.0 Å². The van der Waals surface area contributed by atoms with Crippen molar-refractivity contribution in [3.05, 3.63) is 47.4 Å². The Bertz CT molecular complexity index is 957. The number of sulfonamides is 1. The Kier molecular flexibility index (Phi) is 4.77. The van der Waals surface area contributed by atoms with Crippen molar-refractivity contribution in [3.8, 4) is 10.8 Å². The van der Waals surface area contributed by atoms with Crippen LogP contribution in [0.15, 0.2) is 40.9 Å². The van der Waals surface area contributed by atoms with Gasteiger partial charge in [0.15, 0.2) is 0 Å². The third-order valence-corrected chi connectivity index (χ3v) is 5.23. The molecule has 0 aliphatic rings. The first-order chi connectivity index (χ1) is 11.8. The third kappa shape index (κ3) is 3.99. The zero-order chi connectivity index (χ0) is 18.0. The number of halogens is 2. The van der Waals surface area contributed by atoms with E-state index in [9.17, 15) is 17.2 Å². The van der Waals surface area contributed by atoms with Crippen LogP contribution in [0.4, 0.5) is 14.5 Å². The molecule has 0 fully saturated rings. The van der Waals surface area contributed by atoms with Crippen LogP contribution in [0, 0.1) is 0 Å².